The Morgan fingerprint density at radius 3 is 2.84 bits per heavy atom. The normalized spacial score (nSPS) is 24.8. The van der Waals surface area contributed by atoms with Crippen LogP contribution in [-0.4, -0.2) is 50.8 Å². The molecule has 0 amide bonds. The summed E-state index contributed by atoms with van der Waals surface area (Å²) < 4.78 is 0. The third kappa shape index (κ3) is 3.98. The number of aryl methyl sites for hydroxylation is 1. The van der Waals surface area contributed by atoms with Crippen molar-refractivity contribution in [3.05, 3.63) is 5.82 Å². The van der Waals surface area contributed by atoms with E-state index in [0.29, 0.717) is 6.04 Å². The molecular formula is C13H26N6. The molecule has 0 radical (unpaired) electrons. The molecule has 1 aliphatic rings. The van der Waals surface area contributed by atoms with Gasteiger partial charge < -0.3 is 5.32 Å². The Balaban J connectivity index is 1.85. The van der Waals surface area contributed by atoms with Crippen molar-refractivity contribution in [1.82, 2.24) is 30.4 Å². The van der Waals surface area contributed by atoms with Crippen molar-refractivity contribution in [2.24, 2.45) is 13.0 Å². The molecule has 1 saturated heterocycles. The zero-order valence-electron chi connectivity index (χ0n) is 12.3. The van der Waals surface area contributed by atoms with Gasteiger partial charge in [-0.25, -0.2) is 0 Å². The summed E-state index contributed by atoms with van der Waals surface area (Å²) in [5, 5.41) is 15.9. The second-order valence-corrected chi connectivity index (χ2v) is 5.45. The fraction of sp³-hybridized carbons (Fsp3) is 0.923. The molecule has 2 unspecified atom stereocenters. The number of tetrazole rings is 1. The SMILES string of the molecule is CCCNC1CCN(Cc2nnn(C)n2)CC1CC. The van der Waals surface area contributed by atoms with E-state index >= 15 is 0 Å². The van der Waals surface area contributed by atoms with Crippen LogP contribution in [0.1, 0.15) is 38.9 Å². The molecule has 1 aromatic heterocycles. The topological polar surface area (TPSA) is 58.9 Å². The van der Waals surface area contributed by atoms with Gasteiger partial charge in [-0.2, -0.15) is 4.80 Å². The number of nitrogens with zero attached hydrogens (tertiary/aromatic N) is 5. The smallest absolute Gasteiger partial charge is 0.188 e. The summed E-state index contributed by atoms with van der Waals surface area (Å²) in [4.78, 5) is 3.98. The minimum absolute atomic E-state index is 0.677. The summed E-state index contributed by atoms with van der Waals surface area (Å²) in [5.74, 6) is 1.56. The Hall–Kier alpha value is -1.01. The Morgan fingerprint density at radius 2 is 2.21 bits per heavy atom. The molecule has 1 aliphatic heterocycles. The molecule has 0 saturated carbocycles. The predicted octanol–water partition coefficient (Wildman–Crippen LogP) is 0.810. The lowest BCUT2D eigenvalue weighted by molar-refractivity contribution is 0.126. The first-order valence-corrected chi connectivity index (χ1v) is 7.41. The first-order valence-electron chi connectivity index (χ1n) is 7.41. The molecule has 0 aliphatic carbocycles. The maximum absolute atomic E-state index is 4.26. The zero-order valence-corrected chi connectivity index (χ0v) is 12.3. The lowest BCUT2D eigenvalue weighted by Crippen LogP contribution is -2.49. The van der Waals surface area contributed by atoms with Gasteiger partial charge in [-0.15, -0.1) is 10.2 Å². The fourth-order valence-corrected chi connectivity index (χ4v) is 2.85. The Kier molecular flexibility index (Phi) is 5.27. The lowest BCUT2D eigenvalue weighted by atomic mass is 9.90. The average Bonchev–Trinajstić information content (AvgIpc) is 2.82. The maximum atomic E-state index is 4.26. The molecule has 0 spiro atoms. The van der Waals surface area contributed by atoms with Gasteiger partial charge in [-0.3, -0.25) is 4.90 Å². The van der Waals surface area contributed by atoms with Gasteiger partial charge in [-0.1, -0.05) is 20.3 Å². The number of hydrogen-bond donors (Lipinski definition) is 1. The zero-order chi connectivity index (χ0) is 13.7. The van der Waals surface area contributed by atoms with Gasteiger partial charge in [0.25, 0.3) is 0 Å². The monoisotopic (exact) mass is 266 g/mol. The van der Waals surface area contributed by atoms with Crippen LogP contribution in [-0.2, 0) is 13.6 Å². The lowest BCUT2D eigenvalue weighted by Gasteiger charge is -2.38. The second kappa shape index (κ2) is 6.96. The summed E-state index contributed by atoms with van der Waals surface area (Å²) in [5.41, 5.74) is 0. The Bertz CT molecular complexity index is 377. The van der Waals surface area contributed by atoms with E-state index in [4.69, 9.17) is 0 Å². The quantitative estimate of drug-likeness (QED) is 0.826. The number of nitrogens with one attached hydrogen (secondary N) is 1. The molecule has 6 heteroatoms. The van der Waals surface area contributed by atoms with Crippen LogP contribution in [0.25, 0.3) is 0 Å². The summed E-state index contributed by atoms with van der Waals surface area (Å²) >= 11 is 0. The molecule has 1 fully saturated rings. The van der Waals surface area contributed by atoms with Crippen LogP contribution in [0.3, 0.4) is 0 Å². The van der Waals surface area contributed by atoms with Crippen LogP contribution in [0.4, 0.5) is 0 Å². The van der Waals surface area contributed by atoms with Crippen molar-refractivity contribution < 1.29 is 0 Å². The number of hydrogen-bond acceptors (Lipinski definition) is 5. The van der Waals surface area contributed by atoms with E-state index in [9.17, 15) is 0 Å². The highest BCUT2D eigenvalue weighted by Crippen LogP contribution is 2.21. The van der Waals surface area contributed by atoms with E-state index in [2.05, 4.69) is 39.5 Å². The fourth-order valence-electron chi connectivity index (χ4n) is 2.85. The molecule has 6 nitrogen and oxygen atoms in total. The van der Waals surface area contributed by atoms with Crippen LogP contribution in [0.15, 0.2) is 0 Å². The molecule has 1 aromatic rings. The van der Waals surface area contributed by atoms with Crippen molar-refractivity contribution in [1.29, 1.82) is 0 Å². The molecule has 2 heterocycles. The molecular weight excluding hydrogens is 240 g/mol. The second-order valence-electron chi connectivity index (χ2n) is 5.45. The van der Waals surface area contributed by atoms with E-state index < -0.39 is 0 Å². The van der Waals surface area contributed by atoms with Gasteiger partial charge >= 0.3 is 0 Å². The molecule has 108 valence electrons. The van der Waals surface area contributed by atoms with Gasteiger partial charge in [0.2, 0.25) is 0 Å². The maximum Gasteiger partial charge on any atom is 0.188 e. The molecule has 1 N–H and O–H groups in total. The van der Waals surface area contributed by atoms with Gasteiger partial charge in [0, 0.05) is 19.1 Å². The number of piperidine rings is 1. The number of likely N-dealkylation sites (tertiary alicyclic amines) is 1. The van der Waals surface area contributed by atoms with Crippen LogP contribution < -0.4 is 5.32 Å². The Morgan fingerprint density at radius 1 is 1.37 bits per heavy atom. The number of aromatic nitrogens is 4. The van der Waals surface area contributed by atoms with Crippen LogP contribution in [0, 0.1) is 5.92 Å². The van der Waals surface area contributed by atoms with Crippen LogP contribution in [0.2, 0.25) is 0 Å². The Labute approximate surface area is 115 Å². The third-order valence-electron chi connectivity index (χ3n) is 3.91. The van der Waals surface area contributed by atoms with Crippen LogP contribution >= 0.6 is 0 Å². The molecule has 2 rings (SSSR count). The van der Waals surface area contributed by atoms with Gasteiger partial charge in [-0.05, 0) is 30.5 Å². The van der Waals surface area contributed by atoms with Crippen molar-refractivity contribution in [3.8, 4) is 0 Å². The molecule has 19 heavy (non-hydrogen) atoms. The largest absolute Gasteiger partial charge is 0.314 e. The summed E-state index contributed by atoms with van der Waals surface area (Å²) in [6, 6.07) is 0.677. The van der Waals surface area contributed by atoms with Crippen molar-refractivity contribution in [2.45, 2.75) is 45.7 Å². The minimum Gasteiger partial charge on any atom is -0.314 e. The summed E-state index contributed by atoms with van der Waals surface area (Å²) in [6.07, 6.45) is 3.66. The first-order chi connectivity index (χ1) is 9.22. The van der Waals surface area contributed by atoms with Crippen molar-refractivity contribution >= 4 is 0 Å². The highest BCUT2D eigenvalue weighted by molar-refractivity contribution is 4.87. The average molecular weight is 266 g/mol. The van der Waals surface area contributed by atoms with Crippen LogP contribution in [0.5, 0.6) is 0 Å². The third-order valence-corrected chi connectivity index (χ3v) is 3.91. The molecule has 0 bridgehead atoms. The highest BCUT2D eigenvalue weighted by Gasteiger charge is 2.27. The summed E-state index contributed by atoms with van der Waals surface area (Å²) in [7, 11) is 1.81. The van der Waals surface area contributed by atoms with Gasteiger partial charge in [0.15, 0.2) is 5.82 Å². The van der Waals surface area contributed by atoms with E-state index in [0.717, 1.165) is 37.9 Å². The van der Waals surface area contributed by atoms with E-state index in [1.165, 1.54) is 24.1 Å². The molecule has 2 atom stereocenters. The van der Waals surface area contributed by atoms with Gasteiger partial charge in [0.05, 0.1) is 13.6 Å². The first kappa shape index (κ1) is 14.4. The number of rotatable bonds is 6. The van der Waals surface area contributed by atoms with Crippen molar-refractivity contribution in [3.63, 3.8) is 0 Å². The van der Waals surface area contributed by atoms with E-state index in [-0.39, 0.29) is 0 Å². The van der Waals surface area contributed by atoms with Crippen molar-refractivity contribution in [2.75, 3.05) is 19.6 Å². The van der Waals surface area contributed by atoms with E-state index in [1.807, 2.05) is 7.05 Å². The van der Waals surface area contributed by atoms with E-state index in [1.54, 1.807) is 0 Å². The van der Waals surface area contributed by atoms with Gasteiger partial charge in [0.1, 0.15) is 0 Å². The highest BCUT2D eigenvalue weighted by atomic mass is 15.6. The summed E-state index contributed by atoms with van der Waals surface area (Å²) in [6.45, 7) is 8.72. The standard InChI is InChI=1S/C13H26N6/c1-4-7-14-12-6-8-19(9-11(12)5-2)10-13-15-17-18(3)16-13/h11-12,14H,4-10H2,1-3H3. The minimum atomic E-state index is 0.677. The molecule has 0 aromatic carbocycles. The predicted molar refractivity (Wildman–Crippen MR) is 74.6 cm³/mol.